The van der Waals surface area contributed by atoms with Gasteiger partial charge in [0.2, 0.25) is 23.3 Å². The van der Waals surface area contributed by atoms with E-state index in [0.29, 0.717) is 0 Å². The monoisotopic (exact) mass is 1270 g/mol. The van der Waals surface area contributed by atoms with Crippen LogP contribution in [0.15, 0.2) is 0 Å². The van der Waals surface area contributed by atoms with E-state index in [4.69, 9.17) is 0 Å². The van der Waals surface area contributed by atoms with Crippen molar-refractivity contribution in [1.82, 2.24) is 0 Å². The van der Waals surface area contributed by atoms with Crippen LogP contribution in [-0.4, -0.2) is 0 Å². The molecule has 0 aliphatic heterocycles. The van der Waals surface area contributed by atoms with Gasteiger partial charge in [-0.15, -0.1) is 0 Å². The number of hydrogen-bond donors (Lipinski definition) is 0. The van der Waals surface area contributed by atoms with Gasteiger partial charge in [0, 0.05) is 22.3 Å². The summed E-state index contributed by atoms with van der Waals surface area (Å²) in [5, 5.41) is 0. The van der Waals surface area contributed by atoms with Crippen molar-refractivity contribution in [3.8, 4) is 44.5 Å². The topological polar surface area (TPSA) is 0 Å². The molecule has 85 heavy (non-hydrogen) atoms. The van der Waals surface area contributed by atoms with E-state index < -0.39 is 282 Å². The largest absolute Gasteiger partial charge is 0.203 e. The van der Waals surface area contributed by atoms with Crippen molar-refractivity contribution in [2.24, 2.45) is 0 Å². The van der Waals surface area contributed by atoms with Crippen molar-refractivity contribution in [3.63, 3.8) is 0 Å². The van der Waals surface area contributed by atoms with E-state index in [2.05, 4.69) is 0 Å². The predicted octanol–water partition coefficient (Wildman–Crippen LogP) is 17.7. The minimum atomic E-state index is -7.31. The second kappa shape index (κ2) is 20.8. The molecule has 0 radical (unpaired) electrons. The van der Waals surface area contributed by atoms with Crippen molar-refractivity contribution in [1.29, 1.82) is 0 Å². The third-order valence-corrected chi connectivity index (χ3v) is 12.4. The van der Waals surface area contributed by atoms with E-state index in [0.717, 1.165) is 0 Å². The van der Waals surface area contributed by atoms with E-state index in [1.807, 2.05) is 0 Å². The van der Waals surface area contributed by atoms with Gasteiger partial charge in [0.25, 0.3) is 0 Å². The van der Waals surface area contributed by atoms with Gasteiger partial charge in [-0.3, -0.25) is 0 Å². The molecule has 0 heterocycles. The Morgan fingerprint density at radius 2 is 0.165 bits per heavy atom. The molecule has 0 amide bonds. The van der Waals surface area contributed by atoms with Crippen molar-refractivity contribution < 1.29 is 158 Å². The second-order valence-electron chi connectivity index (χ2n) is 16.6. The summed E-state index contributed by atoms with van der Waals surface area (Å²) in [6, 6.07) is 0. The van der Waals surface area contributed by atoms with Gasteiger partial charge in [-0.2, -0.15) is 0 Å². The lowest BCUT2D eigenvalue weighted by Crippen LogP contribution is -2.42. The SMILES string of the molecule is Fc1c(F)c(F)c(-c2c(F)c(F)c(C(c3c(F)c(F)c(-c4c(F)c(F)c(F)c(F)c4F)c(F)c3F)(c3c(F)c(F)c(-c4c(F)c(F)c(F)c(F)c4F)c(F)c3F)c3c(F)c(F)c(-c4c(F)c(F)c(F)c(F)c4F)c(F)c3F)c(F)c2F)c(F)c1F. The Labute approximate surface area is 439 Å². The summed E-state index contributed by atoms with van der Waals surface area (Å²) >= 11 is 0. The van der Waals surface area contributed by atoms with Gasteiger partial charge in [-0.05, 0) is 0 Å². The van der Waals surface area contributed by atoms with Crippen LogP contribution in [0.2, 0.25) is 0 Å². The van der Waals surface area contributed by atoms with Crippen molar-refractivity contribution in [2.45, 2.75) is 5.41 Å². The lowest BCUT2D eigenvalue weighted by atomic mass is 9.62. The average Bonchev–Trinajstić information content (AvgIpc) is 0.726. The zero-order chi connectivity index (χ0) is 64.2. The average molecular weight is 1270 g/mol. The van der Waals surface area contributed by atoms with Gasteiger partial charge >= 0.3 is 0 Å². The van der Waals surface area contributed by atoms with E-state index in [9.17, 15) is 52.7 Å². The molecule has 0 spiro atoms. The molecule has 0 fully saturated rings. The summed E-state index contributed by atoms with van der Waals surface area (Å²) < 4.78 is 565. The molecule has 0 N–H and O–H groups in total. The molecular weight excluding hydrogens is 1270 g/mol. The highest BCUT2D eigenvalue weighted by Crippen LogP contribution is 2.58. The number of benzene rings is 8. The third-order valence-electron chi connectivity index (χ3n) is 12.4. The van der Waals surface area contributed by atoms with Crippen molar-refractivity contribution >= 4 is 0 Å². The molecule has 0 aliphatic rings. The first kappa shape index (κ1) is 62.3. The molecule has 0 unspecified atom stereocenters. The molecule has 0 atom stereocenters. The van der Waals surface area contributed by atoms with Crippen LogP contribution < -0.4 is 0 Å². The maximum atomic E-state index is 17.4. The van der Waals surface area contributed by atoms with Crippen molar-refractivity contribution in [2.75, 3.05) is 0 Å². The fraction of sp³-hybridized carbons (Fsp3) is 0.0204. The van der Waals surface area contributed by atoms with Crippen molar-refractivity contribution in [3.05, 3.63) is 232 Å². The molecule has 8 aromatic rings. The Bertz CT molecular complexity index is 3580. The number of halogens is 36. The van der Waals surface area contributed by atoms with Gasteiger partial charge in [-0.25, -0.2) is 158 Å². The smallest absolute Gasteiger partial charge is 0.200 e. The highest BCUT2D eigenvalue weighted by molar-refractivity contribution is 5.77. The number of rotatable bonds is 8. The van der Waals surface area contributed by atoms with Crippen LogP contribution in [0, 0.1) is 209 Å². The lowest BCUT2D eigenvalue weighted by molar-refractivity contribution is 0.355. The van der Waals surface area contributed by atoms with Crippen LogP contribution in [0.3, 0.4) is 0 Å². The molecule has 0 saturated carbocycles. The fourth-order valence-corrected chi connectivity index (χ4v) is 8.77. The van der Waals surface area contributed by atoms with Crippen LogP contribution in [0.5, 0.6) is 0 Å². The summed E-state index contributed by atoms with van der Waals surface area (Å²) in [6.45, 7) is 0. The molecule has 0 aliphatic carbocycles. The Morgan fingerprint density at radius 3 is 0.259 bits per heavy atom. The van der Waals surface area contributed by atoms with Crippen LogP contribution in [-0.2, 0) is 5.41 Å². The molecule has 0 bridgehead atoms. The van der Waals surface area contributed by atoms with E-state index in [-0.39, 0.29) is 0 Å². The van der Waals surface area contributed by atoms with Gasteiger partial charge in [0.1, 0.15) is 0 Å². The Morgan fingerprint density at radius 1 is 0.0941 bits per heavy atom. The first-order chi connectivity index (χ1) is 39.3. The maximum Gasteiger partial charge on any atom is 0.200 e. The summed E-state index contributed by atoms with van der Waals surface area (Å²) in [6.07, 6.45) is 0. The standard InChI is InChI=1S/C49F36/c50-13-1(5-21(58)37(74)45(82)38(75)22(5)59)14(51)30(67)9(29(13)66)49(10-31(68)15(52)2(16(53)32(10)69)6-23(60)39(76)46(83)40(77)24(6)61,11-33(70)17(54)3(18(55)34(11)71)7-25(62)41(78)47(84)42(79)26(7)63)12-35(72)19(56)4(20(57)36(12)73)8-27(64)43(80)48(85)44(81)28(8)65. The summed E-state index contributed by atoms with van der Waals surface area (Å²) in [5.41, 5.74) is -53.7. The quantitative estimate of drug-likeness (QED) is 0.0616. The summed E-state index contributed by atoms with van der Waals surface area (Å²) in [4.78, 5) is 0. The molecule has 0 saturated heterocycles. The Hall–Kier alpha value is -8.76. The minimum absolute atomic E-state index is 3.39. The molecule has 8 aromatic carbocycles. The Balaban J connectivity index is 1.80. The predicted molar refractivity (Wildman–Crippen MR) is 205 cm³/mol. The molecule has 36 heteroatoms. The van der Waals surface area contributed by atoms with Crippen LogP contribution in [0.1, 0.15) is 22.3 Å². The first-order valence-electron chi connectivity index (χ1n) is 20.8. The molecule has 8 rings (SSSR count). The molecule has 0 aromatic heterocycles. The lowest BCUT2D eigenvalue weighted by Gasteiger charge is -2.39. The normalized spacial score (nSPS) is 12.0. The van der Waals surface area contributed by atoms with E-state index in [1.165, 1.54) is 0 Å². The minimum Gasteiger partial charge on any atom is -0.203 e. The van der Waals surface area contributed by atoms with Gasteiger partial charge in [0.05, 0.1) is 49.9 Å². The zero-order valence-corrected chi connectivity index (χ0v) is 38.1. The third kappa shape index (κ3) is 8.10. The molecule has 0 nitrogen and oxygen atoms in total. The van der Waals surface area contributed by atoms with E-state index in [1.54, 1.807) is 0 Å². The van der Waals surface area contributed by atoms with Crippen LogP contribution in [0.25, 0.3) is 44.5 Å². The van der Waals surface area contributed by atoms with Gasteiger partial charge in [0.15, 0.2) is 186 Å². The van der Waals surface area contributed by atoms with Gasteiger partial charge < -0.3 is 0 Å². The summed E-state index contributed by atoms with van der Waals surface area (Å²) in [5.74, 6) is -142. The highest BCUT2D eigenvalue weighted by atomic mass is 19.2. The second-order valence-corrected chi connectivity index (χ2v) is 16.6. The first-order valence-corrected chi connectivity index (χ1v) is 20.8. The summed E-state index contributed by atoms with van der Waals surface area (Å²) in [7, 11) is 0. The van der Waals surface area contributed by atoms with Gasteiger partial charge in [-0.1, -0.05) is 0 Å². The fourth-order valence-electron chi connectivity index (χ4n) is 8.77. The zero-order valence-electron chi connectivity index (χ0n) is 38.1. The number of hydrogen-bond acceptors (Lipinski definition) is 0. The highest BCUT2D eigenvalue weighted by Gasteiger charge is 2.59. The molecule has 448 valence electrons. The Kier molecular flexibility index (Phi) is 15.2. The van der Waals surface area contributed by atoms with E-state index >= 15 is 105 Å². The van der Waals surface area contributed by atoms with Crippen LogP contribution >= 0.6 is 0 Å². The molecular formula is C49F36. The maximum absolute atomic E-state index is 17.4. The van der Waals surface area contributed by atoms with Crippen LogP contribution in [0.4, 0.5) is 158 Å².